The summed E-state index contributed by atoms with van der Waals surface area (Å²) in [6, 6.07) is 22.1. The highest BCUT2D eigenvalue weighted by molar-refractivity contribution is 5.91. The minimum absolute atomic E-state index is 0.171. The van der Waals surface area contributed by atoms with Crippen LogP contribution in [0.25, 0.3) is 10.8 Å². The van der Waals surface area contributed by atoms with E-state index in [0.29, 0.717) is 5.56 Å². The fourth-order valence-electron chi connectivity index (χ4n) is 3.40. The van der Waals surface area contributed by atoms with Crippen LogP contribution in [0.3, 0.4) is 0 Å². The Morgan fingerprint density at radius 2 is 1.57 bits per heavy atom. The predicted molar refractivity (Wildman–Crippen MR) is 116 cm³/mol. The van der Waals surface area contributed by atoms with Crippen LogP contribution in [-0.2, 0) is 16.0 Å². The molecule has 0 saturated carbocycles. The SMILES string of the molecule is O=C(Cc1cccc2ccccc12)NCC(=O)NC(CO)CC(O)c1ccccc1. The number of amides is 2. The summed E-state index contributed by atoms with van der Waals surface area (Å²) < 4.78 is 0. The van der Waals surface area contributed by atoms with Crippen molar-refractivity contribution in [1.29, 1.82) is 0 Å². The number of hydrogen-bond acceptors (Lipinski definition) is 4. The van der Waals surface area contributed by atoms with Gasteiger partial charge in [-0.1, -0.05) is 72.8 Å². The minimum Gasteiger partial charge on any atom is -0.394 e. The van der Waals surface area contributed by atoms with Crippen LogP contribution in [0.5, 0.6) is 0 Å². The number of aliphatic hydroxyl groups is 2. The molecular formula is C24H26N2O4. The van der Waals surface area contributed by atoms with Gasteiger partial charge in [-0.3, -0.25) is 9.59 Å². The fraction of sp³-hybridized carbons (Fsp3) is 0.250. The normalized spacial score (nSPS) is 12.9. The van der Waals surface area contributed by atoms with Gasteiger partial charge in [0.05, 0.1) is 31.7 Å². The first-order valence-electron chi connectivity index (χ1n) is 9.93. The minimum atomic E-state index is -0.801. The third-order valence-corrected chi connectivity index (χ3v) is 4.95. The number of aliphatic hydroxyl groups excluding tert-OH is 2. The number of carbonyl (C=O) groups excluding carboxylic acids is 2. The molecule has 3 aromatic carbocycles. The summed E-state index contributed by atoms with van der Waals surface area (Å²) in [5, 5.41) is 27.1. The van der Waals surface area contributed by atoms with Crippen molar-refractivity contribution in [3.8, 4) is 0 Å². The first-order valence-corrected chi connectivity index (χ1v) is 9.93. The molecule has 2 atom stereocenters. The van der Waals surface area contributed by atoms with Gasteiger partial charge in [0.25, 0.3) is 0 Å². The molecule has 0 radical (unpaired) electrons. The molecule has 30 heavy (non-hydrogen) atoms. The molecule has 0 bridgehead atoms. The second-order valence-corrected chi connectivity index (χ2v) is 7.20. The van der Waals surface area contributed by atoms with Crippen LogP contribution >= 0.6 is 0 Å². The zero-order valence-corrected chi connectivity index (χ0v) is 16.6. The van der Waals surface area contributed by atoms with Crippen LogP contribution in [0.4, 0.5) is 0 Å². The average Bonchev–Trinajstić information content (AvgIpc) is 2.78. The van der Waals surface area contributed by atoms with E-state index in [1.807, 2.05) is 60.7 Å². The smallest absolute Gasteiger partial charge is 0.239 e. The molecule has 0 aromatic heterocycles. The molecule has 0 aliphatic rings. The van der Waals surface area contributed by atoms with Gasteiger partial charge in [0.1, 0.15) is 0 Å². The molecule has 6 heteroatoms. The molecule has 0 heterocycles. The van der Waals surface area contributed by atoms with Crippen LogP contribution in [0.2, 0.25) is 0 Å². The first kappa shape index (κ1) is 21.5. The van der Waals surface area contributed by atoms with Crippen LogP contribution in [0.15, 0.2) is 72.8 Å². The highest BCUT2D eigenvalue weighted by atomic mass is 16.3. The summed E-state index contributed by atoms with van der Waals surface area (Å²) in [4.78, 5) is 24.5. The molecule has 4 N–H and O–H groups in total. The van der Waals surface area contributed by atoms with Crippen molar-refractivity contribution in [3.63, 3.8) is 0 Å². The van der Waals surface area contributed by atoms with Gasteiger partial charge >= 0.3 is 0 Å². The molecule has 0 aliphatic carbocycles. The summed E-state index contributed by atoms with van der Waals surface area (Å²) >= 11 is 0. The lowest BCUT2D eigenvalue weighted by Gasteiger charge is -2.20. The zero-order chi connectivity index (χ0) is 21.3. The second-order valence-electron chi connectivity index (χ2n) is 7.20. The van der Waals surface area contributed by atoms with E-state index in [1.54, 1.807) is 12.1 Å². The second kappa shape index (κ2) is 10.5. The Balaban J connectivity index is 1.48. The monoisotopic (exact) mass is 406 g/mol. The number of benzene rings is 3. The van der Waals surface area contributed by atoms with Crippen LogP contribution in [-0.4, -0.2) is 41.2 Å². The van der Waals surface area contributed by atoms with E-state index < -0.39 is 18.1 Å². The molecular weight excluding hydrogens is 380 g/mol. The summed E-state index contributed by atoms with van der Waals surface area (Å²) in [5.41, 5.74) is 1.61. The molecule has 6 nitrogen and oxygen atoms in total. The summed E-state index contributed by atoms with van der Waals surface area (Å²) in [7, 11) is 0. The summed E-state index contributed by atoms with van der Waals surface area (Å²) in [6.07, 6.45) is -0.453. The molecule has 3 aromatic rings. The van der Waals surface area contributed by atoms with Crippen molar-refractivity contribution < 1.29 is 19.8 Å². The van der Waals surface area contributed by atoms with Gasteiger partial charge in [-0.15, -0.1) is 0 Å². The molecule has 0 fully saturated rings. The molecule has 2 amide bonds. The average molecular weight is 406 g/mol. The van der Waals surface area contributed by atoms with Gasteiger partial charge in [0, 0.05) is 0 Å². The highest BCUT2D eigenvalue weighted by Gasteiger charge is 2.18. The van der Waals surface area contributed by atoms with Crippen molar-refractivity contribution in [3.05, 3.63) is 83.9 Å². The number of nitrogens with one attached hydrogen (secondary N) is 2. The van der Waals surface area contributed by atoms with Crippen molar-refractivity contribution >= 4 is 22.6 Å². The topological polar surface area (TPSA) is 98.7 Å². The highest BCUT2D eigenvalue weighted by Crippen LogP contribution is 2.19. The van der Waals surface area contributed by atoms with E-state index in [1.165, 1.54) is 0 Å². The van der Waals surface area contributed by atoms with Gasteiger partial charge < -0.3 is 20.8 Å². The third kappa shape index (κ3) is 5.89. The Hall–Kier alpha value is -3.22. The van der Waals surface area contributed by atoms with E-state index >= 15 is 0 Å². The molecule has 156 valence electrons. The Labute approximate surface area is 175 Å². The van der Waals surface area contributed by atoms with E-state index in [9.17, 15) is 19.8 Å². The Morgan fingerprint density at radius 1 is 0.867 bits per heavy atom. The van der Waals surface area contributed by atoms with Crippen molar-refractivity contribution in [1.82, 2.24) is 10.6 Å². The van der Waals surface area contributed by atoms with E-state index in [2.05, 4.69) is 10.6 Å². The van der Waals surface area contributed by atoms with Crippen LogP contribution < -0.4 is 10.6 Å². The van der Waals surface area contributed by atoms with Crippen molar-refractivity contribution in [2.45, 2.75) is 25.0 Å². The Kier molecular flexibility index (Phi) is 7.54. The lowest BCUT2D eigenvalue weighted by molar-refractivity contribution is -0.126. The lowest BCUT2D eigenvalue weighted by atomic mass is 10.0. The van der Waals surface area contributed by atoms with E-state index in [0.717, 1.165) is 16.3 Å². The number of carbonyl (C=O) groups is 2. The molecule has 0 spiro atoms. The van der Waals surface area contributed by atoms with E-state index in [4.69, 9.17) is 0 Å². The first-order chi connectivity index (χ1) is 14.6. The number of hydrogen-bond donors (Lipinski definition) is 4. The molecule has 0 saturated heterocycles. The summed E-state index contributed by atoms with van der Waals surface area (Å²) in [6.45, 7) is -0.499. The van der Waals surface area contributed by atoms with Crippen LogP contribution in [0.1, 0.15) is 23.7 Å². The standard InChI is InChI=1S/C24H26N2O4/c27-16-20(14-22(28)18-8-2-1-3-9-18)26-24(30)15-25-23(29)13-19-11-6-10-17-7-4-5-12-21(17)19/h1-12,20,22,27-28H,13-16H2,(H,25,29)(H,26,30). The maximum absolute atomic E-state index is 12.3. The maximum Gasteiger partial charge on any atom is 0.239 e. The third-order valence-electron chi connectivity index (χ3n) is 4.95. The van der Waals surface area contributed by atoms with Gasteiger partial charge in [0.15, 0.2) is 0 Å². The van der Waals surface area contributed by atoms with Crippen LogP contribution in [0, 0.1) is 0 Å². The quantitative estimate of drug-likeness (QED) is 0.437. The van der Waals surface area contributed by atoms with Crippen molar-refractivity contribution in [2.24, 2.45) is 0 Å². The molecule has 3 rings (SSSR count). The maximum atomic E-state index is 12.3. The largest absolute Gasteiger partial charge is 0.394 e. The molecule has 0 aliphatic heterocycles. The zero-order valence-electron chi connectivity index (χ0n) is 16.6. The molecule has 2 unspecified atom stereocenters. The fourth-order valence-corrected chi connectivity index (χ4v) is 3.40. The van der Waals surface area contributed by atoms with Gasteiger partial charge in [0.2, 0.25) is 11.8 Å². The Morgan fingerprint density at radius 3 is 2.33 bits per heavy atom. The van der Waals surface area contributed by atoms with Crippen molar-refractivity contribution in [2.75, 3.05) is 13.2 Å². The number of rotatable bonds is 9. The number of fused-ring (bicyclic) bond motifs is 1. The lowest BCUT2D eigenvalue weighted by Crippen LogP contribution is -2.44. The Bertz CT molecular complexity index is 985. The van der Waals surface area contributed by atoms with Gasteiger partial charge in [-0.2, -0.15) is 0 Å². The summed E-state index contributed by atoms with van der Waals surface area (Å²) in [5.74, 6) is -0.674. The van der Waals surface area contributed by atoms with Gasteiger partial charge in [-0.05, 0) is 28.3 Å². The predicted octanol–water partition coefficient (Wildman–Crippen LogP) is 2.10. The van der Waals surface area contributed by atoms with E-state index in [-0.39, 0.29) is 31.9 Å². The van der Waals surface area contributed by atoms with Gasteiger partial charge in [-0.25, -0.2) is 0 Å².